The van der Waals surface area contributed by atoms with E-state index in [4.69, 9.17) is 21.1 Å². The van der Waals surface area contributed by atoms with E-state index in [1.54, 1.807) is 7.11 Å². The minimum Gasteiger partial charge on any atom is -0.493 e. The second kappa shape index (κ2) is 6.45. The van der Waals surface area contributed by atoms with Gasteiger partial charge in [-0.2, -0.15) is 0 Å². The molecule has 0 radical (unpaired) electrons. The van der Waals surface area contributed by atoms with E-state index in [0.29, 0.717) is 23.3 Å². The maximum Gasteiger partial charge on any atom is 0.163 e. The topological polar surface area (TPSA) is 47.5 Å². The van der Waals surface area contributed by atoms with Crippen molar-refractivity contribution < 1.29 is 9.47 Å². The number of halogens is 1. The Morgan fingerprint density at radius 3 is 2.76 bits per heavy atom. The molecule has 0 N–H and O–H groups in total. The molecule has 0 spiro atoms. The smallest absolute Gasteiger partial charge is 0.163 e. The number of methoxy groups -OCH3 is 1. The number of hydrogen-bond acceptors (Lipinski definition) is 5. The predicted molar refractivity (Wildman–Crippen MR) is 82.3 cm³/mol. The zero-order chi connectivity index (χ0) is 14.7. The van der Waals surface area contributed by atoms with Crippen LogP contribution >= 0.6 is 11.6 Å². The third-order valence-corrected chi connectivity index (χ3v) is 4.04. The monoisotopic (exact) mass is 307 g/mol. The van der Waals surface area contributed by atoms with Gasteiger partial charge in [0.05, 0.1) is 12.6 Å². The van der Waals surface area contributed by atoms with Crippen LogP contribution in [0.1, 0.15) is 12.8 Å². The molecule has 2 aromatic rings. The van der Waals surface area contributed by atoms with Crippen LogP contribution < -0.4 is 9.47 Å². The molecule has 0 bridgehead atoms. The second-order valence-electron chi connectivity index (χ2n) is 5.08. The second-order valence-corrected chi connectivity index (χ2v) is 5.44. The Hall–Kier alpha value is -1.59. The van der Waals surface area contributed by atoms with Gasteiger partial charge in [-0.05, 0) is 32.0 Å². The van der Waals surface area contributed by atoms with E-state index >= 15 is 0 Å². The lowest BCUT2D eigenvalue weighted by Crippen LogP contribution is -2.25. The van der Waals surface area contributed by atoms with Gasteiger partial charge in [-0.25, -0.2) is 9.97 Å². The van der Waals surface area contributed by atoms with Crippen LogP contribution in [0.5, 0.6) is 11.5 Å². The van der Waals surface area contributed by atoms with Crippen LogP contribution in [0.25, 0.3) is 10.9 Å². The Balaban J connectivity index is 1.76. The molecular weight excluding hydrogens is 290 g/mol. The molecule has 112 valence electrons. The zero-order valence-electron chi connectivity index (χ0n) is 12.0. The fraction of sp³-hybridized carbons (Fsp3) is 0.467. The summed E-state index contributed by atoms with van der Waals surface area (Å²) >= 11 is 6.07. The molecule has 1 saturated heterocycles. The van der Waals surface area contributed by atoms with Crippen molar-refractivity contribution in [1.29, 1.82) is 0 Å². The minimum absolute atomic E-state index is 0.418. The molecule has 0 unspecified atom stereocenters. The molecule has 6 heteroatoms. The van der Waals surface area contributed by atoms with Crippen LogP contribution in [-0.2, 0) is 0 Å². The first kappa shape index (κ1) is 14.4. The van der Waals surface area contributed by atoms with Crippen LogP contribution in [0.2, 0.25) is 5.15 Å². The third-order valence-electron chi connectivity index (χ3n) is 3.74. The van der Waals surface area contributed by atoms with E-state index in [1.165, 1.54) is 32.3 Å². The highest BCUT2D eigenvalue weighted by atomic mass is 35.5. The zero-order valence-corrected chi connectivity index (χ0v) is 12.8. The van der Waals surface area contributed by atoms with Gasteiger partial charge in [0.1, 0.15) is 18.1 Å². The summed E-state index contributed by atoms with van der Waals surface area (Å²) in [4.78, 5) is 10.6. The number of aromatic nitrogens is 2. The van der Waals surface area contributed by atoms with E-state index in [0.717, 1.165) is 17.4 Å². The summed E-state index contributed by atoms with van der Waals surface area (Å²) in [5.74, 6) is 1.35. The highest BCUT2D eigenvalue weighted by molar-refractivity contribution is 6.34. The van der Waals surface area contributed by atoms with Crippen molar-refractivity contribution in [3.63, 3.8) is 0 Å². The molecule has 2 heterocycles. The van der Waals surface area contributed by atoms with E-state index in [9.17, 15) is 0 Å². The first-order valence-electron chi connectivity index (χ1n) is 7.11. The normalized spacial score (nSPS) is 15.5. The molecule has 0 saturated carbocycles. The molecule has 3 rings (SSSR count). The van der Waals surface area contributed by atoms with Gasteiger partial charge < -0.3 is 9.47 Å². The van der Waals surface area contributed by atoms with Crippen molar-refractivity contribution in [2.75, 3.05) is 33.4 Å². The molecule has 1 aromatic heterocycles. The van der Waals surface area contributed by atoms with Crippen molar-refractivity contribution >= 4 is 22.5 Å². The Bertz CT molecular complexity index is 630. The van der Waals surface area contributed by atoms with Crippen LogP contribution in [-0.4, -0.2) is 48.2 Å². The van der Waals surface area contributed by atoms with Crippen LogP contribution in [0.3, 0.4) is 0 Å². The van der Waals surface area contributed by atoms with Gasteiger partial charge in [0.25, 0.3) is 0 Å². The van der Waals surface area contributed by atoms with Crippen LogP contribution in [0, 0.1) is 0 Å². The van der Waals surface area contributed by atoms with Gasteiger partial charge in [-0.1, -0.05) is 11.6 Å². The van der Waals surface area contributed by atoms with Crippen molar-refractivity contribution in [3.8, 4) is 11.5 Å². The maximum absolute atomic E-state index is 6.07. The number of ether oxygens (including phenoxy) is 2. The van der Waals surface area contributed by atoms with Gasteiger partial charge in [0.2, 0.25) is 0 Å². The van der Waals surface area contributed by atoms with Crippen molar-refractivity contribution in [2.45, 2.75) is 12.8 Å². The number of benzene rings is 1. The van der Waals surface area contributed by atoms with Crippen molar-refractivity contribution in [3.05, 3.63) is 23.6 Å². The molecule has 0 amide bonds. The molecule has 0 atom stereocenters. The quantitative estimate of drug-likeness (QED) is 0.795. The molecule has 5 nitrogen and oxygen atoms in total. The summed E-state index contributed by atoms with van der Waals surface area (Å²) in [5.41, 5.74) is 0.756. The van der Waals surface area contributed by atoms with Gasteiger partial charge >= 0.3 is 0 Å². The summed E-state index contributed by atoms with van der Waals surface area (Å²) in [6.45, 7) is 3.91. The van der Waals surface area contributed by atoms with Gasteiger partial charge in [-0.15, -0.1) is 0 Å². The highest BCUT2D eigenvalue weighted by Gasteiger charge is 2.13. The fourth-order valence-corrected chi connectivity index (χ4v) is 2.79. The summed E-state index contributed by atoms with van der Waals surface area (Å²) in [6.07, 6.45) is 4.02. The van der Waals surface area contributed by atoms with Crippen molar-refractivity contribution in [1.82, 2.24) is 14.9 Å². The Kier molecular flexibility index (Phi) is 4.41. The molecule has 21 heavy (non-hydrogen) atoms. The summed E-state index contributed by atoms with van der Waals surface area (Å²) < 4.78 is 11.2. The number of rotatable bonds is 5. The van der Waals surface area contributed by atoms with E-state index in [1.807, 2.05) is 12.1 Å². The van der Waals surface area contributed by atoms with Gasteiger partial charge in [0, 0.05) is 18.0 Å². The van der Waals surface area contributed by atoms with E-state index < -0.39 is 0 Å². The van der Waals surface area contributed by atoms with Crippen molar-refractivity contribution in [2.24, 2.45) is 0 Å². The molecule has 1 aromatic carbocycles. The predicted octanol–water partition coefficient (Wildman–Crippen LogP) is 2.77. The summed E-state index contributed by atoms with van der Waals surface area (Å²) in [6, 6.07) is 3.68. The minimum atomic E-state index is 0.418. The first-order valence-corrected chi connectivity index (χ1v) is 7.49. The maximum atomic E-state index is 6.07. The standard InChI is InChI=1S/C15H18ClN3O2/c1-20-13-8-11-12(17-10-18-15(11)16)9-14(13)21-7-6-19-4-2-3-5-19/h8-10H,2-7H2,1H3. The Morgan fingerprint density at radius 1 is 1.19 bits per heavy atom. The average molecular weight is 308 g/mol. The van der Waals surface area contributed by atoms with Crippen LogP contribution in [0.15, 0.2) is 18.5 Å². The molecular formula is C15H18ClN3O2. The number of hydrogen-bond donors (Lipinski definition) is 0. The molecule has 0 aliphatic carbocycles. The first-order chi connectivity index (χ1) is 10.3. The number of nitrogens with zero attached hydrogens (tertiary/aromatic N) is 3. The van der Waals surface area contributed by atoms with E-state index in [2.05, 4.69) is 14.9 Å². The molecule has 1 aliphatic heterocycles. The Labute approximate surface area is 128 Å². The lowest BCUT2D eigenvalue weighted by atomic mass is 10.2. The highest BCUT2D eigenvalue weighted by Crippen LogP contribution is 2.33. The molecule has 1 fully saturated rings. The third kappa shape index (κ3) is 3.19. The number of fused-ring (bicyclic) bond motifs is 1. The van der Waals surface area contributed by atoms with Gasteiger partial charge in [0.15, 0.2) is 11.5 Å². The lowest BCUT2D eigenvalue weighted by molar-refractivity contribution is 0.230. The van der Waals surface area contributed by atoms with Gasteiger partial charge in [-0.3, -0.25) is 4.90 Å². The number of likely N-dealkylation sites (tertiary alicyclic amines) is 1. The largest absolute Gasteiger partial charge is 0.493 e. The molecule has 1 aliphatic rings. The lowest BCUT2D eigenvalue weighted by Gasteiger charge is -2.16. The fourth-order valence-electron chi connectivity index (χ4n) is 2.60. The Morgan fingerprint density at radius 2 is 2.00 bits per heavy atom. The SMILES string of the molecule is COc1cc2c(Cl)ncnc2cc1OCCN1CCCC1. The summed E-state index contributed by atoms with van der Waals surface area (Å²) in [7, 11) is 1.62. The summed E-state index contributed by atoms with van der Waals surface area (Å²) in [5, 5.41) is 1.19. The average Bonchev–Trinajstić information content (AvgIpc) is 3.00. The van der Waals surface area contributed by atoms with Crippen LogP contribution in [0.4, 0.5) is 0 Å². The van der Waals surface area contributed by atoms with E-state index in [-0.39, 0.29) is 0 Å².